The number of aryl methyl sites for hydroxylation is 2. The van der Waals surface area contributed by atoms with Gasteiger partial charge in [-0.25, -0.2) is 0 Å². The number of aromatic nitrogens is 3. The quantitative estimate of drug-likeness (QED) is 0.544. The molecule has 1 amide bonds. The van der Waals surface area contributed by atoms with E-state index >= 15 is 0 Å². The fourth-order valence-corrected chi connectivity index (χ4v) is 5.27. The summed E-state index contributed by atoms with van der Waals surface area (Å²) in [4.78, 5) is 14.9. The van der Waals surface area contributed by atoms with Crippen molar-refractivity contribution < 1.29 is 14.3 Å². The van der Waals surface area contributed by atoms with E-state index in [0.717, 1.165) is 64.6 Å². The average Bonchev–Trinajstić information content (AvgIpc) is 3.45. The molecule has 1 N–H and O–H groups in total. The second-order valence-corrected chi connectivity index (χ2v) is 9.23. The number of nitrogens with zero attached hydrogens (tertiary/aromatic N) is 4. The van der Waals surface area contributed by atoms with Crippen molar-refractivity contribution in [2.24, 2.45) is 5.92 Å². The molecule has 1 aliphatic heterocycles. The molecule has 8 nitrogen and oxygen atoms in total. The van der Waals surface area contributed by atoms with Gasteiger partial charge in [0.05, 0.1) is 14.2 Å². The predicted octanol–water partition coefficient (Wildman–Crippen LogP) is 3.54. The van der Waals surface area contributed by atoms with E-state index in [1.165, 1.54) is 0 Å². The normalized spacial score (nSPS) is 14.4. The number of nitrogens with one attached hydrogen (secondary N) is 1. The van der Waals surface area contributed by atoms with Crippen LogP contribution in [-0.2, 0) is 11.2 Å². The van der Waals surface area contributed by atoms with Crippen molar-refractivity contribution in [2.75, 3.05) is 38.8 Å². The molecule has 0 radical (unpaired) electrons. The molecule has 0 bridgehead atoms. The summed E-state index contributed by atoms with van der Waals surface area (Å²) in [5.41, 5.74) is 3.35. The van der Waals surface area contributed by atoms with Crippen molar-refractivity contribution in [1.82, 2.24) is 20.1 Å². The van der Waals surface area contributed by atoms with Gasteiger partial charge in [0.25, 0.3) is 0 Å². The van der Waals surface area contributed by atoms with E-state index < -0.39 is 0 Å². The number of carbonyl (C=O) groups excluding carboxylic acids is 1. The van der Waals surface area contributed by atoms with Crippen molar-refractivity contribution in [1.29, 1.82) is 0 Å². The Morgan fingerprint density at radius 1 is 1.06 bits per heavy atom. The third-order valence-corrected chi connectivity index (χ3v) is 7.16. The lowest BCUT2D eigenvalue weighted by atomic mass is 9.96. The Labute approximate surface area is 198 Å². The zero-order valence-corrected chi connectivity index (χ0v) is 20.4. The van der Waals surface area contributed by atoms with Crippen LogP contribution in [0.15, 0.2) is 30.3 Å². The van der Waals surface area contributed by atoms with E-state index in [0.29, 0.717) is 13.0 Å². The van der Waals surface area contributed by atoms with Crippen molar-refractivity contribution in [3.8, 4) is 16.6 Å². The van der Waals surface area contributed by atoms with Crippen LogP contribution in [0.1, 0.15) is 29.8 Å². The first-order chi connectivity index (χ1) is 16.0. The topological polar surface area (TPSA) is 81.5 Å². The summed E-state index contributed by atoms with van der Waals surface area (Å²) in [6.07, 6.45) is 2.34. The second kappa shape index (κ2) is 10.2. The SMILES string of the molecule is COc1ccc(CCNC(=O)C2CCN(c3nnc(-n4c(C)ccc4C)s3)CC2)c(OC)c1. The molecular formula is C24H31N5O3S. The molecule has 0 saturated carbocycles. The molecule has 1 fully saturated rings. The first-order valence-electron chi connectivity index (χ1n) is 11.2. The number of benzene rings is 1. The highest BCUT2D eigenvalue weighted by atomic mass is 32.1. The number of hydrogen-bond acceptors (Lipinski definition) is 7. The van der Waals surface area contributed by atoms with Crippen LogP contribution in [0.5, 0.6) is 11.5 Å². The van der Waals surface area contributed by atoms with E-state index in [2.05, 4.69) is 51.0 Å². The fraction of sp³-hybridized carbons (Fsp3) is 0.458. The molecule has 3 aromatic rings. The van der Waals surface area contributed by atoms with Crippen LogP contribution in [0.4, 0.5) is 5.13 Å². The Balaban J connectivity index is 1.27. The number of methoxy groups -OCH3 is 2. The van der Waals surface area contributed by atoms with Gasteiger partial charge in [-0.05, 0) is 56.9 Å². The third-order valence-electron chi connectivity index (χ3n) is 6.19. The maximum absolute atomic E-state index is 12.7. The van der Waals surface area contributed by atoms with Gasteiger partial charge < -0.3 is 19.7 Å². The molecule has 176 valence electrons. The maximum atomic E-state index is 12.7. The van der Waals surface area contributed by atoms with Crippen molar-refractivity contribution in [2.45, 2.75) is 33.1 Å². The summed E-state index contributed by atoms with van der Waals surface area (Å²) < 4.78 is 12.8. The number of rotatable bonds is 8. The summed E-state index contributed by atoms with van der Waals surface area (Å²) in [6, 6.07) is 9.93. The van der Waals surface area contributed by atoms with E-state index in [9.17, 15) is 4.79 Å². The second-order valence-electron chi connectivity index (χ2n) is 8.30. The molecular weight excluding hydrogens is 438 g/mol. The van der Waals surface area contributed by atoms with E-state index in [1.807, 2.05) is 18.2 Å². The Hall–Kier alpha value is -3.07. The minimum absolute atomic E-state index is 0.0281. The fourth-order valence-electron chi connectivity index (χ4n) is 4.25. The molecule has 0 aliphatic carbocycles. The number of ether oxygens (including phenoxy) is 2. The van der Waals surface area contributed by atoms with Crippen LogP contribution in [0.2, 0.25) is 0 Å². The molecule has 2 aromatic heterocycles. The van der Waals surface area contributed by atoms with Crippen LogP contribution < -0.4 is 19.7 Å². The van der Waals surface area contributed by atoms with E-state index in [1.54, 1.807) is 25.6 Å². The summed E-state index contributed by atoms with van der Waals surface area (Å²) in [6.45, 7) is 6.34. The van der Waals surface area contributed by atoms with E-state index in [4.69, 9.17) is 9.47 Å². The lowest BCUT2D eigenvalue weighted by Crippen LogP contribution is -2.41. The van der Waals surface area contributed by atoms with Gasteiger partial charge in [0.15, 0.2) is 0 Å². The van der Waals surface area contributed by atoms with Crippen LogP contribution in [0, 0.1) is 19.8 Å². The predicted molar refractivity (Wildman–Crippen MR) is 130 cm³/mol. The van der Waals surface area contributed by atoms with Crippen LogP contribution in [0.3, 0.4) is 0 Å². The molecule has 0 unspecified atom stereocenters. The van der Waals surface area contributed by atoms with Crippen molar-refractivity contribution in [3.05, 3.63) is 47.3 Å². The third kappa shape index (κ3) is 5.13. The molecule has 3 heterocycles. The molecule has 0 spiro atoms. The molecule has 1 aromatic carbocycles. The summed E-state index contributed by atoms with van der Waals surface area (Å²) in [5, 5.41) is 13.7. The van der Waals surface area contributed by atoms with Crippen LogP contribution in [0.25, 0.3) is 5.13 Å². The number of hydrogen-bond donors (Lipinski definition) is 1. The minimum atomic E-state index is 0.0281. The number of anilines is 1. The highest BCUT2D eigenvalue weighted by Gasteiger charge is 2.27. The maximum Gasteiger partial charge on any atom is 0.223 e. The van der Waals surface area contributed by atoms with Crippen LogP contribution >= 0.6 is 11.3 Å². The largest absolute Gasteiger partial charge is 0.497 e. The van der Waals surface area contributed by atoms with Gasteiger partial charge in [0, 0.05) is 43.0 Å². The summed E-state index contributed by atoms with van der Waals surface area (Å²) in [7, 11) is 3.28. The first kappa shape index (κ1) is 23.1. The number of carbonyl (C=O) groups is 1. The van der Waals surface area contributed by atoms with Gasteiger partial charge in [-0.15, -0.1) is 10.2 Å². The zero-order valence-electron chi connectivity index (χ0n) is 19.6. The van der Waals surface area contributed by atoms with Crippen molar-refractivity contribution >= 4 is 22.4 Å². The number of amides is 1. The summed E-state index contributed by atoms with van der Waals surface area (Å²) >= 11 is 1.60. The van der Waals surface area contributed by atoms with Gasteiger partial charge in [0.1, 0.15) is 11.5 Å². The smallest absolute Gasteiger partial charge is 0.223 e. The Morgan fingerprint density at radius 2 is 1.76 bits per heavy atom. The molecule has 4 rings (SSSR count). The molecule has 0 atom stereocenters. The molecule has 9 heteroatoms. The Bertz CT molecular complexity index is 1080. The van der Waals surface area contributed by atoms with Crippen molar-refractivity contribution in [3.63, 3.8) is 0 Å². The lowest BCUT2D eigenvalue weighted by molar-refractivity contribution is -0.125. The molecule has 1 aliphatic rings. The number of piperidine rings is 1. The van der Waals surface area contributed by atoms with Crippen LogP contribution in [-0.4, -0.2) is 54.5 Å². The summed E-state index contributed by atoms with van der Waals surface area (Å²) in [5.74, 6) is 1.69. The standard InChI is InChI=1S/C24H31N5O3S/c1-16-5-6-17(2)29(16)24-27-26-23(33-24)28-13-10-19(11-14-28)22(30)25-12-9-18-7-8-20(31-3)15-21(18)32-4/h5-8,15,19H,9-14H2,1-4H3,(H,25,30). The Morgan fingerprint density at radius 3 is 2.42 bits per heavy atom. The van der Waals surface area contributed by atoms with Gasteiger partial charge in [0.2, 0.25) is 16.2 Å². The highest BCUT2D eigenvalue weighted by Crippen LogP contribution is 2.29. The Kier molecular flexibility index (Phi) is 7.17. The highest BCUT2D eigenvalue weighted by molar-refractivity contribution is 7.17. The van der Waals surface area contributed by atoms with Gasteiger partial charge in [-0.3, -0.25) is 9.36 Å². The molecule has 1 saturated heterocycles. The van der Waals surface area contributed by atoms with Gasteiger partial charge >= 0.3 is 0 Å². The average molecular weight is 470 g/mol. The van der Waals surface area contributed by atoms with Gasteiger partial charge in [-0.1, -0.05) is 17.4 Å². The minimum Gasteiger partial charge on any atom is -0.497 e. The van der Waals surface area contributed by atoms with E-state index in [-0.39, 0.29) is 11.8 Å². The zero-order chi connectivity index (χ0) is 23.4. The van der Waals surface area contributed by atoms with Gasteiger partial charge in [-0.2, -0.15) is 0 Å². The monoisotopic (exact) mass is 469 g/mol. The molecule has 33 heavy (non-hydrogen) atoms. The lowest BCUT2D eigenvalue weighted by Gasteiger charge is -2.30. The first-order valence-corrected chi connectivity index (χ1v) is 12.0.